The number of rotatable bonds is 8. The van der Waals surface area contributed by atoms with Crippen LogP contribution in [-0.2, 0) is 14.3 Å². The summed E-state index contributed by atoms with van der Waals surface area (Å²) in [7, 11) is 0. The number of esters is 1. The number of hydrogen-bond donors (Lipinski definition) is 1. The molecule has 0 heterocycles. The molecule has 0 bridgehead atoms. The van der Waals surface area contributed by atoms with Crippen LogP contribution in [0.15, 0.2) is 59.5 Å². The lowest BCUT2D eigenvalue weighted by molar-refractivity contribution is -0.384. The second kappa shape index (κ2) is 9.72. The maximum absolute atomic E-state index is 12.1. The predicted molar refractivity (Wildman–Crippen MR) is 102 cm³/mol. The summed E-state index contributed by atoms with van der Waals surface area (Å²) in [6, 6.07) is 15.2. The van der Waals surface area contributed by atoms with E-state index in [1.807, 2.05) is 37.3 Å². The van der Waals surface area contributed by atoms with Gasteiger partial charge in [-0.05, 0) is 31.5 Å². The molecule has 0 aromatic heterocycles. The van der Waals surface area contributed by atoms with Crippen LogP contribution in [0.1, 0.15) is 25.5 Å². The largest absolute Gasteiger partial charge is 0.455 e. The van der Waals surface area contributed by atoms with Crippen molar-refractivity contribution in [2.24, 2.45) is 0 Å². The highest BCUT2D eigenvalue weighted by Gasteiger charge is 2.18. The van der Waals surface area contributed by atoms with Gasteiger partial charge in [0.1, 0.15) is 5.25 Å². The van der Waals surface area contributed by atoms with Crippen LogP contribution in [0.25, 0.3) is 0 Å². The van der Waals surface area contributed by atoms with Crippen molar-refractivity contribution in [1.29, 1.82) is 0 Å². The number of carbonyl (C=O) groups excluding carboxylic acids is 2. The van der Waals surface area contributed by atoms with Crippen molar-refractivity contribution in [3.05, 3.63) is 70.3 Å². The molecule has 142 valence electrons. The monoisotopic (exact) mass is 388 g/mol. The maximum Gasteiger partial charge on any atom is 0.319 e. The zero-order valence-electron chi connectivity index (χ0n) is 15.0. The molecule has 8 heteroatoms. The Kier molecular flexibility index (Phi) is 7.36. The average Bonchev–Trinajstić information content (AvgIpc) is 2.67. The zero-order chi connectivity index (χ0) is 19.8. The number of nitrogens with zero attached hydrogens (tertiary/aromatic N) is 1. The molecule has 0 aliphatic carbocycles. The molecular formula is C19H20N2O5S. The molecule has 0 spiro atoms. The van der Waals surface area contributed by atoms with Crippen LogP contribution in [0, 0.1) is 10.1 Å². The van der Waals surface area contributed by atoms with Gasteiger partial charge in [-0.1, -0.05) is 30.3 Å². The number of thioether (sulfide) groups is 1. The highest BCUT2D eigenvalue weighted by molar-refractivity contribution is 8.00. The minimum absolute atomic E-state index is 0.0150. The molecule has 2 atom stereocenters. The number of ether oxygens (including phenoxy) is 1. The molecule has 0 fully saturated rings. The van der Waals surface area contributed by atoms with E-state index in [9.17, 15) is 19.7 Å². The van der Waals surface area contributed by atoms with Gasteiger partial charge in [0.05, 0.1) is 11.0 Å². The molecule has 7 nitrogen and oxygen atoms in total. The Morgan fingerprint density at radius 2 is 1.74 bits per heavy atom. The molecule has 0 saturated heterocycles. The molecule has 0 aliphatic heterocycles. The van der Waals surface area contributed by atoms with Crippen molar-refractivity contribution in [3.8, 4) is 0 Å². The Bertz CT molecular complexity index is 796. The van der Waals surface area contributed by atoms with Crippen molar-refractivity contribution in [2.45, 2.75) is 30.0 Å². The quantitative estimate of drug-likeness (QED) is 0.322. The first-order chi connectivity index (χ1) is 12.9. The van der Waals surface area contributed by atoms with Gasteiger partial charge in [-0.15, -0.1) is 11.8 Å². The fraction of sp³-hybridized carbons (Fsp3) is 0.263. The topological polar surface area (TPSA) is 98.5 Å². The van der Waals surface area contributed by atoms with Crippen LogP contribution in [0.4, 0.5) is 5.69 Å². The van der Waals surface area contributed by atoms with E-state index in [0.29, 0.717) is 4.90 Å². The normalized spacial score (nSPS) is 12.7. The number of carbonyl (C=O) groups is 2. The summed E-state index contributed by atoms with van der Waals surface area (Å²) in [6.45, 7) is 3.14. The molecule has 1 amide bonds. The summed E-state index contributed by atoms with van der Waals surface area (Å²) < 4.78 is 5.06. The summed E-state index contributed by atoms with van der Waals surface area (Å²) in [5.74, 6) is -0.909. The van der Waals surface area contributed by atoms with Gasteiger partial charge in [-0.3, -0.25) is 19.7 Å². The molecule has 0 radical (unpaired) electrons. The van der Waals surface area contributed by atoms with E-state index in [4.69, 9.17) is 4.74 Å². The van der Waals surface area contributed by atoms with Crippen LogP contribution in [0.2, 0.25) is 0 Å². The summed E-state index contributed by atoms with van der Waals surface area (Å²) in [5, 5.41) is 12.9. The van der Waals surface area contributed by atoms with Gasteiger partial charge in [0.2, 0.25) is 0 Å². The van der Waals surface area contributed by atoms with Crippen LogP contribution < -0.4 is 5.32 Å². The average molecular weight is 388 g/mol. The molecule has 0 saturated carbocycles. The summed E-state index contributed by atoms with van der Waals surface area (Å²) in [6.07, 6.45) is 0. The summed E-state index contributed by atoms with van der Waals surface area (Å²) >= 11 is 1.21. The van der Waals surface area contributed by atoms with E-state index >= 15 is 0 Å². The molecule has 0 unspecified atom stereocenters. The van der Waals surface area contributed by atoms with Crippen LogP contribution >= 0.6 is 11.8 Å². The number of amides is 1. The lowest BCUT2D eigenvalue weighted by atomic mass is 10.1. The molecule has 27 heavy (non-hydrogen) atoms. The van der Waals surface area contributed by atoms with Gasteiger partial charge in [0.15, 0.2) is 6.61 Å². The second-order valence-corrected chi connectivity index (χ2v) is 7.23. The highest BCUT2D eigenvalue weighted by atomic mass is 32.2. The van der Waals surface area contributed by atoms with Gasteiger partial charge in [0, 0.05) is 17.0 Å². The Hall–Kier alpha value is -2.87. The number of hydrogen-bond acceptors (Lipinski definition) is 6. The van der Waals surface area contributed by atoms with Crippen LogP contribution in [0.5, 0.6) is 0 Å². The maximum atomic E-state index is 12.1. The number of nitro groups is 1. The zero-order valence-corrected chi connectivity index (χ0v) is 15.8. The van der Waals surface area contributed by atoms with Gasteiger partial charge in [0.25, 0.3) is 11.6 Å². The van der Waals surface area contributed by atoms with E-state index in [0.717, 1.165) is 5.56 Å². The number of nitrogens with one attached hydrogen (secondary N) is 1. The minimum Gasteiger partial charge on any atom is -0.455 e. The summed E-state index contributed by atoms with van der Waals surface area (Å²) in [4.78, 5) is 34.9. The van der Waals surface area contributed by atoms with Crippen LogP contribution in [0.3, 0.4) is 0 Å². The van der Waals surface area contributed by atoms with E-state index in [1.54, 1.807) is 19.1 Å². The predicted octanol–water partition coefficient (Wildman–Crippen LogP) is 3.50. The fourth-order valence-electron chi connectivity index (χ4n) is 2.26. The number of non-ortho nitro benzene ring substituents is 1. The van der Waals surface area contributed by atoms with Crippen molar-refractivity contribution >= 4 is 29.3 Å². The standard InChI is InChI=1S/C19H20N2O5S/c1-13(15-6-4-3-5-7-15)20-18(22)12-26-19(23)14(2)27-17-10-8-16(9-11-17)21(24)25/h3-11,13-14H,12H2,1-2H3,(H,20,22)/t13-,14-/m1/s1. The Labute approximate surface area is 161 Å². The van der Waals surface area contributed by atoms with E-state index in [2.05, 4.69) is 5.32 Å². The third-order valence-corrected chi connectivity index (χ3v) is 4.81. The van der Waals surface area contributed by atoms with Gasteiger partial charge in [-0.2, -0.15) is 0 Å². The minimum atomic E-state index is -0.550. The lowest BCUT2D eigenvalue weighted by Crippen LogP contribution is -2.32. The Balaban J connectivity index is 1.78. The SMILES string of the molecule is C[C@@H](Sc1ccc([N+](=O)[O-])cc1)C(=O)OCC(=O)N[C@H](C)c1ccccc1. The number of benzene rings is 2. The van der Waals surface area contributed by atoms with E-state index in [1.165, 1.54) is 23.9 Å². The van der Waals surface area contributed by atoms with Crippen molar-refractivity contribution < 1.29 is 19.2 Å². The Morgan fingerprint density at radius 3 is 2.33 bits per heavy atom. The van der Waals surface area contributed by atoms with Crippen molar-refractivity contribution in [1.82, 2.24) is 5.32 Å². The molecule has 2 aromatic carbocycles. The third kappa shape index (κ3) is 6.41. The van der Waals surface area contributed by atoms with E-state index in [-0.39, 0.29) is 24.2 Å². The molecule has 2 rings (SSSR count). The van der Waals surface area contributed by atoms with Gasteiger partial charge in [-0.25, -0.2) is 0 Å². The lowest BCUT2D eigenvalue weighted by Gasteiger charge is -2.15. The van der Waals surface area contributed by atoms with Gasteiger partial charge < -0.3 is 10.1 Å². The van der Waals surface area contributed by atoms with Crippen molar-refractivity contribution in [2.75, 3.05) is 6.61 Å². The molecule has 2 aromatic rings. The fourth-order valence-corrected chi connectivity index (χ4v) is 3.13. The first-order valence-electron chi connectivity index (χ1n) is 8.29. The second-order valence-electron chi connectivity index (χ2n) is 5.82. The first kappa shape index (κ1) is 20.4. The van der Waals surface area contributed by atoms with Crippen LogP contribution in [-0.4, -0.2) is 28.7 Å². The molecular weight excluding hydrogens is 368 g/mol. The first-order valence-corrected chi connectivity index (χ1v) is 9.17. The third-order valence-electron chi connectivity index (χ3n) is 3.71. The molecule has 0 aliphatic rings. The smallest absolute Gasteiger partial charge is 0.319 e. The van der Waals surface area contributed by atoms with Gasteiger partial charge >= 0.3 is 5.97 Å². The highest BCUT2D eigenvalue weighted by Crippen LogP contribution is 2.26. The van der Waals surface area contributed by atoms with E-state index < -0.39 is 16.1 Å². The summed E-state index contributed by atoms with van der Waals surface area (Å²) in [5.41, 5.74) is 0.943. The number of nitro benzene ring substituents is 1. The molecule has 1 N–H and O–H groups in total. The van der Waals surface area contributed by atoms with Crippen molar-refractivity contribution in [3.63, 3.8) is 0 Å². The Morgan fingerprint density at radius 1 is 1.11 bits per heavy atom.